The van der Waals surface area contributed by atoms with Gasteiger partial charge in [-0.05, 0) is 5.56 Å². The van der Waals surface area contributed by atoms with Gasteiger partial charge in [0.05, 0.1) is 4.92 Å². The molecule has 0 aliphatic heterocycles. The predicted octanol–water partition coefficient (Wildman–Crippen LogP) is 1.38. The molecule has 0 saturated heterocycles. The number of aliphatic carboxylic acids is 1. The first kappa shape index (κ1) is 13.0. The van der Waals surface area contributed by atoms with E-state index < -0.39 is 28.5 Å². The molecular weight excluding hydrogens is 233 g/mol. The summed E-state index contributed by atoms with van der Waals surface area (Å²) in [5.41, 5.74) is -0.740. The van der Waals surface area contributed by atoms with Crippen LogP contribution in [-0.2, 0) is 16.0 Å². The van der Waals surface area contributed by atoms with Crippen molar-refractivity contribution in [2.75, 3.05) is 7.11 Å². The van der Waals surface area contributed by atoms with Crippen molar-refractivity contribution in [2.24, 2.45) is 0 Å². The number of hydrogen-bond donors (Lipinski definition) is 1. The van der Waals surface area contributed by atoms with Crippen molar-refractivity contribution in [1.82, 2.24) is 0 Å². The molecule has 1 aromatic rings. The fourth-order valence-electron chi connectivity index (χ4n) is 1.34. The summed E-state index contributed by atoms with van der Waals surface area (Å²) in [6.45, 7) is 0. The van der Waals surface area contributed by atoms with Gasteiger partial charge in [-0.3, -0.25) is 10.1 Å². The molecule has 1 unspecified atom stereocenters. The summed E-state index contributed by atoms with van der Waals surface area (Å²) in [6.07, 6.45) is -1.49. The van der Waals surface area contributed by atoms with Gasteiger partial charge in [-0.2, -0.15) is 4.39 Å². The highest BCUT2D eigenvalue weighted by Gasteiger charge is 2.23. The summed E-state index contributed by atoms with van der Waals surface area (Å²) in [6, 6.07) is 3.60. The number of ether oxygens (including phenoxy) is 1. The Kier molecular flexibility index (Phi) is 4.11. The standard InChI is InChI=1S/C10H10FNO5/c1-17-8(10(13)14)5-6-3-2-4-7(9(6)11)12(15)16/h2-4,8H,5H2,1H3,(H,13,14). The number of methoxy groups -OCH3 is 1. The van der Waals surface area contributed by atoms with Gasteiger partial charge in [0.25, 0.3) is 0 Å². The maximum atomic E-state index is 13.6. The summed E-state index contributed by atoms with van der Waals surface area (Å²) in [4.78, 5) is 20.3. The lowest BCUT2D eigenvalue weighted by Gasteiger charge is -2.10. The highest BCUT2D eigenvalue weighted by atomic mass is 19.1. The van der Waals surface area contributed by atoms with Crippen LogP contribution in [0, 0.1) is 15.9 Å². The Hall–Kier alpha value is -2.02. The van der Waals surface area contributed by atoms with Gasteiger partial charge in [-0.25, -0.2) is 4.79 Å². The minimum Gasteiger partial charge on any atom is -0.479 e. The van der Waals surface area contributed by atoms with E-state index >= 15 is 0 Å². The Morgan fingerprint density at radius 1 is 1.65 bits per heavy atom. The van der Waals surface area contributed by atoms with Gasteiger partial charge in [0.2, 0.25) is 5.82 Å². The van der Waals surface area contributed by atoms with Crippen molar-refractivity contribution < 1.29 is 24.0 Å². The molecule has 0 radical (unpaired) electrons. The Balaban J connectivity index is 3.03. The SMILES string of the molecule is COC(Cc1cccc([N+](=O)[O-])c1F)C(=O)O. The number of carboxylic acids is 1. The first-order valence-corrected chi connectivity index (χ1v) is 4.64. The molecule has 0 saturated carbocycles. The van der Waals surface area contributed by atoms with E-state index in [1.807, 2.05) is 0 Å². The normalized spacial score (nSPS) is 12.1. The number of halogens is 1. The highest BCUT2D eigenvalue weighted by molar-refractivity contribution is 5.72. The summed E-state index contributed by atoms with van der Waals surface area (Å²) in [5.74, 6) is -2.28. The number of nitro benzene ring substituents is 1. The first-order chi connectivity index (χ1) is 7.97. The Labute approximate surface area is 95.8 Å². The van der Waals surface area contributed by atoms with Gasteiger partial charge < -0.3 is 9.84 Å². The van der Waals surface area contributed by atoms with Crippen molar-refractivity contribution in [2.45, 2.75) is 12.5 Å². The van der Waals surface area contributed by atoms with Gasteiger partial charge in [0.1, 0.15) is 0 Å². The van der Waals surface area contributed by atoms with Crippen LogP contribution in [0.1, 0.15) is 5.56 Å². The number of nitrogens with zero attached hydrogens (tertiary/aromatic N) is 1. The fourth-order valence-corrected chi connectivity index (χ4v) is 1.34. The molecule has 0 fully saturated rings. The van der Waals surface area contributed by atoms with Gasteiger partial charge in [0, 0.05) is 19.6 Å². The molecule has 0 bridgehead atoms. The molecule has 1 atom stereocenters. The molecule has 92 valence electrons. The molecule has 7 heteroatoms. The van der Waals surface area contributed by atoms with Crippen LogP contribution < -0.4 is 0 Å². The van der Waals surface area contributed by atoms with Crippen molar-refractivity contribution in [3.63, 3.8) is 0 Å². The number of nitro groups is 1. The van der Waals surface area contributed by atoms with Crippen molar-refractivity contribution in [1.29, 1.82) is 0 Å². The third kappa shape index (κ3) is 2.97. The lowest BCUT2D eigenvalue weighted by molar-refractivity contribution is -0.387. The monoisotopic (exact) mass is 243 g/mol. The Morgan fingerprint density at radius 3 is 2.76 bits per heavy atom. The van der Waals surface area contributed by atoms with Crippen LogP contribution in [-0.4, -0.2) is 29.2 Å². The molecule has 0 aliphatic carbocycles. The minimum atomic E-state index is -1.25. The molecule has 1 rings (SSSR count). The molecule has 17 heavy (non-hydrogen) atoms. The summed E-state index contributed by atoms with van der Waals surface area (Å²) >= 11 is 0. The zero-order valence-corrected chi connectivity index (χ0v) is 8.92. The Bertz CT molecular complexity index is 448. The zero-order chi connectivity index (χ0) is 13.0. The van der Waals surface area contributed by atoms with E-state index in [-0.39, 0.29) is 12.0 Å². The first-order valence-electron chi connectivity index (χ1n) is 4.64. The van der Waals surface area contributed by atoms with Crippen molar-refractivity contribution in [3.8, 4) is 0 Å². The summed E-state index contributed by atoms with van der Waals surface area (Å²) in [7, 11) is 1.17. The van der Waals surface area contributed by atoms with E-state index in [0.29, 0.717) is 0 Å². The van der Waals surface area contributed by atoms with Crippen LogP contribution in [0.15, 0.2) is 18.2 Å². The quantitative estimate of drug-likeness (QED) is 0.623. The van der Waals surface area contributed by atoms with Crippen LogP contribution in [0.2, 0.25) is 0 Å². The number of carbonyl (C=O) groups is 1. The lowest BCUT2D eigenvalue weighted by atomic mass is 10.1. The highest BCUT2D eigenvalue weighted by Crippen LogP contribution is 2.21. The van der Waals surface area contributed by atoms with Crippen molar-refractivity contribution >= 4 is 11.7 Å². The van der Waals surface area contributed by atoms with Crippen LogP contribution >= 0.6 is 0 Å². The van der Waals surface area contributed by atoms with Gasteiger partial charge in [-0.15, -0.1) is 0 Å². The van der Waals surface area contributed by atoms with Gasteiger partial charge in [0.15, 0.2) is 6.10 Å². The third-order valence-electron chi connectivity index (χ3n) is 2.22. The van der Waals surface area contributed by atoms with E-state index in [1.165, 1.54) is 19.2 Å². The van der Waals surface area contributed by atoms with E-state index in [1.54, 1.807) is 0 Å². The van der Waals surface area contributed by atoms with Gasteiger partial charge in [-0.1, -0.05) is 12.1 Å². The second kappa shape index (κ2) is 5.35. The molecule has 0 aliphatic rings. The smallest absolute Gasteiger partial charge is 0.333 e. The Morgan fingerprint density at radius 2 is 2.29 bits per heavy atom. The average molecular weight is 243 g/mol. The third-order valence-corrected chi connectivity index (χ3v) is 2.22. The molecule has 0 aromatic heterocycles. The summed E-state index contributed by atoms with van der Waals surface area (Å²) in [5, 5.41) is 19.2. The largest absolute Gasteiger partial charge is 0.479 e. The van der Waals surface area contributed by atoms with E-state index in [4.69, 9.17) is 5.11 Å². The zero-order valence-electron chi connectivity index (χ0n) is 8.92. The van der Waals surface area contributed by atoms with Crippen LogP contribution in [0.4, 0.5) is 10.1 Å². The van der Waals surface area contributed by atoms with E-state index in [0.717, 1.165) is 6.07 Å². The van der Waals surface area contributed by atoms with E-state index in [2.05, 4.69) is 4.74 Å². The molecule has 0 heterocycles. The van der Waals surface area contributed by atoms with Crippen LogP contribution in [0.25, 0.3) is 0 Å². The lowest BCUT2D eigenvalue weighted by Crippen LogP contribution is -2.25. The second-order valence-corrected chi connectivity index (χ2v) is 3.27. The molecule has 1 aromatic carbocycles. The van der Waals surface area contributed by atoms with Crippen LogP contribution in [0.3, 0.4) is 0 Å². The molecule has 0 amide bonds. The number of benzene rings is 1. The molecule has 6 nitrogen and oxygen atoms in total. The minimum absolute atomic E-state index is 0.0616. The second-order valence-electron chi connectivity index (χ2n) is 3.27. The van der Waals surface area contributed by atoms with Crippen LogP contribution in [0.5, 0.6) is 0 Å². The number of carboxylic acid groups (broad SMARTS) is 1. The molecule has 1 N–H and O–H groups in total. The maximum Gasteiger partial charge on any atom is 0.333 e. The average Bonchev–Trinajstić information content (AvgIpc) is 2.26. The molecular formula is C10H10FNO5. The van der Waals surface area contributed by atoms with E-state index in [9.17, 15) is 19.3 Å². The number of hydrogen-bond acceptors (Lipinski definition) is 4. The fraction of sp³-hybridized carbons (Fsp3) is 0.300. The number of rotatable bonds is 5. The topological polar surface area (TPSA) is 89.7 Å². The molecule has 0 spiro atoms. The summed E-state index contributed by atoms with van der Waals surface area (Å²) < 4.78 is 18.2. The predicted molar refractivity (Wildman–Crippen MR) is 55.2 cm³/mol. The van der Waals surface area contributed by atoms with Crippen molar-refractivity contribution in [3.05, 3.63) is 39.7 Å². The van der Waals surface area contributed by atoms with Gasteiger partial charge >= 0.3 is 11.7 Å². The maximum absolute atomic E-state index is 13.6.